The molecule has 0 radical (unpaired) electrons. The van der Waals surface area contributed by atoms with E-state index in [-0.39, 0.29) is 0 Å². The van der Waals surface area contributed by atoms with Crippen molar-refractivity contribution in [3.05, 3.63) is 65.5 Å². The van der Waals surface area contributed by atoms with Crippen molar-refractivity contribution in [2.75, 3.05) is 0 Å². The van der Waals surface area contributed by atoms with Gasteiger partial charge in [0.05, 0.1) is 6.10 Å². The lowest BCUT2D eigenvalue weighted by Crippen LogP contribution is -2.03. The van der Waals surface area contributed by atoms with Gasteiger partial charge in [-0.05, 0) is 29.7 Å². The minimum atomic E-state index is -0.453. The molecule has 1 unspecified atom stereocenters. The molecule has 0 spiro atoms. The fourth-order valence-corrected chi connectivity index (χ4v) is 1.81. The van der Waals surface area contributed by atoms with E-state index in [1.807, 2.05) is 43.3 Å². The molecule has 2 nitrogen and oxygen atoms in total. The summed E-state index contributed by atoms with van der Waals surface area (Å²) in [6.07, 6.45) is 3.69. The Hall–Kier alpha value is -1.67. The summed E-state index contributed by atoms with van der Waals surface area (Å²) >= 11 is 0. The van der Waals surface area contributed by atoms with Crippen LogP contribution in [0.1, 0.15) is 22.8 Å². The lowest BCUT2D eigenvalue weighted by atomic mass is 9.99. The van der Waals surface area contributed by atoms with Gasteiger partial charge in [0, 0.05) is 18.8 Å². The number of pyridine rings is 1. The van der Waals surface area contributed by atoms with Gasteiger partial charge in [-0.1, -0.05) is 30.3 Å². The number of aryl methyl sites for hydroxylation is 1. The highest BCUT2D eigenvalue weighted by Crippen LogP contribution is 2.20. The van der Waals surface area contributed by atoms with Gasteiger partial charge in [-0.3, -0.25) is 4.98 Å². The summed E-state index contributed by atoms with van der Waals surface area (Å²) in [6, 6.07) is 11.8. The minimum absolute atomic E-state index is 0.453. The van der Waals surface area contributed by atoms with E-state index >= 15 is 0 Å². The van der Waals surface area contributed by atoms with Crippen LogP contribution in [-0.2, 0) is 6.42 Å². The second kappa shape index (κ2) is 4.90. The van der Waals surface area contributed by atoms with E-state index in [0.717, 1.165) is 16.7 Å². The van der Waals surface area contributed by atoms with Crippen molar-refractivity contribution in [3.8, 4) is 0 Å². The third-order valence-electron chi connectivity index (χ3n) is 2.70. The first-order valence-electron chi connectivity index (χ1n) is 5.40. The number of benzene rings is 1. The molecule has 0 bridgehead atoms. The monoisotopic (exact) mass is 213 g/mol. The van der Waals surface area contributed by atoms with Gasteiger partial charge >= 0.3 is 0 Å². The molecule has 0 aliphatic carbocycles. The molecule has 2 rings (SSSR count). The number of aliphatic hydroxyl groups is 1. The normalized spacial score (nSPS) is 12.4. The van der Waals surface area contributed by atoms with E-state index in [1.54, 1.807) is 12.4 Å². The van der Waals surface area contributed by atoms with Crippen LogP contribution in [0.2, 0.25) is 0 Å². The van der Waals surface area contributed by atoms with E-state index < -0.39 is 6.10 Å². The maximum absolute atomic E-state index is 10.1. The molecule has 2 aromatic rings. The van der Waals surface area contributed by atoms with Crippen molar-refractivity contribution in [2.45, 2.75) is 19.4 Å². The third kappa shape index (κ3) is 2.47. The number of aromatic nitrogens is 1. The molecule has 0 saturated carbocycles. The molecule has 0 fully saturated rings. The van der Waals surface area contributed by atoms with Crippen molar-refractivity contribution < 1.29 is 5.11 Å². The third-order valence-corrected chi connectivity index (χ3v) is 2.70. The molecule has 0 amide bonds. The Labute approximate surface area is 95.6 Å². The molecule has 1 atom stereocenters. The molecular formula is C14H15NO. The van der Waals surface area contributed by atoms with Crippen molar-refractivity contribution in [1.82, 2.24) is 4.98 Å². The molecule has 1 heterocycles. The molecule has 0 aliphatic heterocycles. The highest BCUT2D eigenvalue weighted by atomic mass is 16.3. The summed E-state index contributed by atoms with van der Waals surface area (Å²) in [5.41, 5.74) is 3.17. The SMILES string of the molecule is Cc1ccccc1C(O)Cc1cccnc1. The predicted octanol–water partition coefficient (Wildman–Crippen LogP) is 2.67. The highest BCUT2D eigenvalue weighted by molar-refractivity contribution is 5.28. The quantitative estimate of drug-likeness (QED) is 0.850. The number of hydrogen-bond acceptors (Lipinski definition) is 2. The van der Waals surface area contributed by atoms with E-state index in [4.69, 9.17) is 0 Å². The second-order valence-corrected chi connectivity index (χ2v) is 3.94. The Balaban J connectivity index is 2.15. The van der Waals surface area contributed by atoms with Crippen LogP contribution >= 0.6 is 0 Å². The fourth-order valence-electron chi connectivity index (χ4n) is 1.81. The summed E-state index contributed by atoms with van der Waals surface area (Å²) in [7, 11) is 0. The standard InChI is InChI=1S/C14H15NO/c1-11-5-2-3-7-13(11)14(16)9-12-6-4-8-15-10-12/h2-8,10,14,16H,9H2,1H3. The van der Waals surface area contributed by atoms with Crippen LogP contribution in [0.25, 0.3) is 0 Å². The lowest BCUT2D eigenvalue weighted by Gasteiger charge is -2.13. The summed E-state index contributed by atoms with van der Waals surface area (Å²) in [4.78, 5) is 4.04. The van der Waals surface area contributed by atoms with Crippen LogP contribution < -0.4 is 0 Å². The Morgan fingerprint density at radius 1 is 1.19 bits per heavy atom. The summed E-state index contributed by atoms with van der Waals surface area (Å²) in [6.45, 7) is 2.02. The minimum Gasteiger partial charge on any atom is -0.388 e. The Bertz CT molecular complexity index is 453. The first-order valence-corrected chi connectivity index (χ1v) is 5.40. The van der Waals surface area contributed by atoms with Gasteiger partial charge < -0.3 is 5.11 Å². The summed E-state index contributed by atoms with van der Waals surface area (Å²) in [5, 5.41) is 10.1. The molecule has 0 saturated heterocycles. The van der Waals surface area contributed by atoms with Gasteiger partial charge in [0.2, 0.25) is 0 Å². The Morgan fingerprint density at radius 3 is 2.69 bits per heavy atom. The van der Waals surface area contributed by atoms with Gasteiger partial charge in [0.25, 0.3) is 0 Å². The van der Waals surface area contributed by atoms with E-state index in [9.17, 15) is 5.11 Å². The molecule has 82 valence electrons. The van der Waals surface area contributed by atoms with Crippen LogP contribution in [0.15, 0.2) is 48.8 Å². The van der Waals surface area contributed by atoms with Crippen molar-refractivity contribution >= 4 is 0 Å². The number of aliphatic hydroxyl groups excluding tert-OH is 1. The maximum atomic E-state index is 10.1. The smallest absolute Gasteiger partial charge is 0.0833 e. The average Bonchev–Trinajstić information content (AvgIpc) is 2.31. The van der Waals surface area contributed by atoms with Gasteiger partial charge in [-0.25, -0.2) is 0 Å². The van der Waals surface area contributed by atoms with E-state index in [1.165, 1.54) is 0 Å². The number of nitrogens with zero attached hydrogens (tertiary/aromatic N) is 1. The zero-order valence-corrected chi connectivity index (χ0v) is 9.30. The van der Waals surface area contributed by atoms with Crippen LogP contribution in [0.5, 0.6) is 0 Å². The average molecular weight is 213 g/mol. The number of hydrogen-bond donors (Lipinski definition) is 1. The van der Waals surface area contributed by atoms with Crippen LogP contribution in [0.4, 0.5) is 0 Å². The summed E-state index contributed by atoms with van der Waals surface area (Å²) in [5.74, 6) is 0. The second-order valence-electron chi connectivity index (χ2n) is 3.94. The first-order chi connectivity index (χ1) is 7.77. The Kier molecular flexibility index (Phi) is 3.32. The summed E-state index contributed by atoms with van der Waals surface area (Å²) < 4.78 is 0. The Morgan fingerprint density at radius 2 is 2.00 bits per heavy atom. The highest BCUT2D eigenvalue weighted by Gasteiger charge is 2.10. The fraction of sp³-hybridized carbons (Fsp3) is 0.214. The van der Waals surface area contributed by atoms with Gasteiger partial charge in [-0.2, -0.15) is 0 Å². The molecule has 16 heavy (non-hydrogen) atoms. The topological polar surface area (TPSA) is 33.1 Å². The predicted molar refractivity (Wildman–Crippen MR) is 64.1 cm³/mol. The van der Waals surface area contributed by atoms with Crippen molar-refractivity contribution in [3.63, 3.8) is 0 Å². The number of rotatable bonds is 3. The molecular weight excluding hydrogens is 198 g/mol. The van der Waals surface area contributed by atoms with Crippen LogP contribution in [-0.4, -0.2) is 10.1 Å². The zero-order valence-electron chi connectivity index (χ0n) is 9.30. The van der Waals surface area contributed by atoms with Crippen LogP contribution in [0, 0.1) is 6.92 Å². The van der Waals surface area contributed by atoms with E-state index in [2.05, 4.69) is 4.98 Å². The molecule has 2 heteroatoms. The van der Waals surface area contributed by atoms with Gasteiger partial charge in [-0.15, -0.1) is 0 Å². The molecule has 1 aromatic heterocycles. The lowest BCUT2D eigenvalue weighted by molar-refractivity contribution is 0.177. The molecule has 1 aromatic carbocycles. The van der Waals surface area contributed by atoms with Crippen molar-refractivity contribution in [1.29, 1.82) is 0 Å². The zero-order chi connectivity index (χ0) is 11.4. The van der Waals surface area contributed by atoms with E-state index in [0.29, 0.717) is 6.42 Å². The largest absolute Gasteiger partial charge is 0.388 e. The van der Waals surface area contributed by atoms with Crippen molar-refractivity contribution in [2.24, 2.45) is 0 Å². The van der Waals surface area contributed by atoms with Gasteiger partial charge in [0.15, 0.2) is 0 Å². The van der Waals surface area contributed by atoms with Crippen LogP contribution in [0.3, 0.4) is 0 Å². The molecule has 0 aliphatic rings. The van der Waals surface area contributed by atoms with Gasteiger partial charge in [0.1, 0.15) is 0 Å². The molecule has 1 N–H and O–H groups in total. The first kappa shape index (κ1) is 10.8. The maximum Gasteiger partial charge on any atom is 0.0833 e.